The van der Waals surface area contributed by atoms with Crippen LogP contribution in [-0.4, -0.2) is 64.0 Å². The summed E-state index contributed by atoms with van der Waals surface area (Å²) in [7, 11) is 0. The average Bonchev–Trinajstić information content (AvgIpc) is 2.68. The standard InChI is InChI=1S/C13H21N3O4/c1-12(15-5-7-20-8-6-15)9-13(17)10(14-18)3-2-4-11(13)16(12)19/h17-18H,2-9H2,1H3/p+1/b14-10-/t12-,13-/m0/s1. The fraction of sp³-hybridized carbons (Fsp3) is 0.846. The van der Waals surface area contributed by atoms with Gasteiger partial charge in [0, 0.05) is 6.42 Å². The van der Waals surface area contributed by atoms with Crippen molar-refractivity contribution in [3.63, 3.8) is 0 Å². The highest BCUT2D eigenvalue weighted by Gasteiger charge is 2.64. The Balaban J connectivity index is 1.98. The molecule has 2 fully saturated rings. The molecule has 1 saturated heterocycles. The SMILES string of the molecule is C[C@@]1([NH+]2CCOCC2)C[C@@]2(O)C(=[N+]1[O-])CCC/C2=N/O. The number of morpholine rings is 1. The smallest absolute Gasteiger partial charge is 0.298 e. The number of fused-ring (bicyclic) bond motifs is 1. The third-order valence-corrected chi connectivity index (χ3v) is 5.05. The van der Waals surface area contributed by atoms with Gasteiger partial charge >= 0.3 is 0 Å². The Morgan fingerprint density at radius 3 is 2.70 bits per heavy atom. The fourth-order valence-electron chi connectivity index (χ4n) is 3.90. The molecule has 2 atom stereocenters. The predicted molar refractivity (Wildman–Crippen MR) is 71.2 cm³/mol. The van der Waals surface area contributed by atoms with Crippen LogP contribution < -0.4 is 4.90 Å². The molecule has 2 aliphatic heterocycles. The lowest BCUT2D eigenvalue weighted by atomic mass is 9.78. The number of rotatable bonds is 1. The van der Waals surface area contributed by atoms with Gasteiger partial charge in [-0.25, -0.2) is 0 Å². The molecule has 7 heteroatoms. The van der Waals surface area contributed by atoms with Gasteiger partial charge in [-0.3, -0.25) is 4.90 Å². The van der Waals surface area contributed by atoms with E-state index in [4.69, 9.17) is 9.94 Å². The largest absolute Gasteiger partial charge is 0.619 e. The first-order chi connectivity index (χ1) is 9.52. The summed E-state index contributed by atoms with van der Waals surface area (Å²) in [5, 5.41) is 36.0. The van der Waals surface area contributed by atoms with Crippen molar-refractivity contribution in [2.45, 2.75) is 43.9 Å². The lowest BCUT2D eigenvalue weighted by Crippen LogP contribution is -3.22. The topological polar surface area (TPSA) is 92.6 Å². The molecule has 0 amide bonds. The van der Waals surface area contributed by atoms with Crippen LogP contribution in [0.1, 0.15) is 32.6 Å². The highest BCUT2D eigenvalue weighted by Crippen LogP contribution is 2.36. The molecular formula is C13H22N3O4+. The van der Waals surface area contributed by atoms with Crippen LogP contribution in [0.2, 0.25) is 0 Å². The first-order valence-corrected chi connectivity index (χ1v) is 7.23. The van der Waals surface area contributed by atoms with E-state index in [1.54, 1.807) is 0 Å². The van der Waals surface area contributed by atoms with Crippen molar-refractivity contribution in [1.82, 2.24) is 0 Å². The quantitative estimate of drug-likeness (QED) is 0.242. The zero-order chi connectivity index (χ0) is 14.4. The summed E-state index contributed by atoms with van der Waals surface area (Å²) in [4.78, 5) is 1.13. The Morgan fingerprint density at radius 2 is 2.05 bits per heavy atom. The van der Waals surface area contributed by atoms with Gasteiger partial charge in [-0.2, -0.15) is 4.74 Å². The number of hydrogen-bond acceptors (Lipinski definition) is 5. The molecule has 2 heterocycles. The van der Waals surface area contributed by atoms with Gasteiger partial charge in [0.1, 0.15) is 19.5 Å². The van der Waals surface area contributed by atoms with Crippen molar-refractivity contribution in [3.05, 3.63) is 5.21 Å². The highest BCUT2D eigenvalue weighted by molar-refractivity contribution is 6.15. The summed E-state index contributed by atoms with van der Waals surface area (Å²) < 4.78 is 6.34. The summed E-state index contributed by atoms with van der Waals surface area (Å²) in [5.41, 5.74) is -1.29. The van der Waals surface area contributed by atoms with Crippen LogP contribution in [0.25, 0.3) is 0 Å². The molecule has 0 aromatic heterocycles. The molecule has 0 radical (unpaired) electrons. The van der Waals surface area contributed by atoms with Crippen molar-refractivity contribution >= 4 is 11.4 Å². The summed E-state index contributed by atoms with van der Waals surface area (Å²) in [6.45, 7) is 4.66. The van der Waals surface area contributed by atoms with Crippen molar-refractivity contribution in [1.29, 1.82) is 0 Å². The van der Waals surface area contributed by atoms with E-state index >= 15 is 0 Å². The van der Waals surface area contributed by atoms with Crippen LogP contribution in [-0.2, 0) is 4.74 Å². The number of nitrogens with zero attached hydrogens (tertiary/aromatic N) is 2. The molecule has 20 heavy (non-hydrogen) atoms. The third kappa shape index (κ3) is 1.77. The molecule has 3 rings (SSSR count). The summed E-state index contributed by atoms with van der Waals surface area (Å²) >= 11 is 0. The van der Waals surface area contributed by atoms with Crippen LogP contribution in [0.5, 0.6) is 0 Å². The minimum absolute atomic E-state index is 0.285. The van der Waals surface area contributed by atoms with E-state index in [0.717, 1.165) is 29.1 Å². The van der Waals surface area contributed by atoms with E-state index in [9.17, 15) is 10.3 Å². The van der Waals surface area contributed by atoms with Gasteiger partial charge in [0.25, 0.3) is 5.66 Å². The Labute approximate surface area is 117 Å². The van der Waals surface area contributed by atoms with Gasteiger partial charge in [0.2, 0.25) is 5.71 Å². The van der Waals surface area contributed by atoms with Gasteiger partial charge in [0.05, 0.1) is 25.8 Å². The molecule has 3 aliphatic rings. The van der Waals surface area contributed by atoms with Crippen molar-refractivity contribution in [2.24, 2.45) is 5.16 Å². The second kappa shape index (κ2) is 4.68. The van der Waals surface area contributed by atoms with E-state index in [0.29, 0.717) is 37.5 Å². The molecule has 0 bridgehead atoms. The molecular weight excluding hydrogens is 262 g/mol. The van der Waals surface area contributed by atoms with Crippen molar-refractivity contribution < 1.29 is 24.7 Å². The monoisotopic (exact) mass is 284 g/mol. The van der Waals surface area contributed by atoms with Gasteiger partial charge in [-0.05, 0) is 12.8 Å². The van der Waals surface area contributed by atoms with Crippen LogP contribution in [0.3, 0.4) is 0 Å². The molecule has 0 aromatic rings. The van der Waals surface area contributed by atoms with Gasteiger partial charge in [0.15, 0.2) is 5.60 Å². The number of oxime groups is 1. The van der Waals surface area contributed by atoms with Crippen LogP contribution in [0, 0.1) is 5.21 Å². The first-order valence-electron chi connectivity index (χ1n) is 7.23. The van der Waals surface area contributed by atoms with Gasteiger partial charge < -0.3 is 20.3 Å². The normalized spacial score (nSPS) is 41.2. The lowest BCUT2D eigenvalue weighted by Gasteiger charge is -2.35. The summed E-state index contributed by atoms with van der Waals surface area (Å²) in [6.07, 6.45) is 2.13. The Morgan fingerprint density at radius 1 is 1.35 bits per heavy atom. The van der Waals surface area contributed by atoms with Gasteiger partial charge in [-0.15, -0.1) is 0 Å². The van der Waals surface area contributed by atoms with E-state index in [2.05, 4.69) is 5.16 Å². The van der Waals surface area contributed by atoms with Crippen molar-refractivity contribution in [2.75, 3.05) is 26.3 Å². The molecule has 1 saturated carbocycles. The number of hydrogen-bond donors (Lipinski definition) is 3. The number of nitrogens with one attached hydrogen (secondary N) is 1. The fourth-order valence-corrected chi connectivity index (χ4v) is 3.90. The minimum atomic E-state index is -1.37. The number of ether oxygens (including phenoxy) is 1. The number of aliphatic hydroxyl groups is 1. The van der Waals surface area contributed by atoms with E-state index < -0.39 is 11.3 Å². The maximum Gasteiger partial charge on any atom is 0.298 e. The maximum absolute atomic E-state index is 12.7. The third-order valence-electron chi connectivity index (χ3n) is 5.05. The van der Waals surface area contributed by atoms with Crippen LogP contribution in [0.4, 0.5) is 0 Å². The van der Waals surface area contributed by atoms with Crippen LogP contribution in [0.15, 0.2) is 5.16 Å². The summed E-state index contributed by atoms with van der Waals surface area (Å²) in [5.74, 6) is 0. The highest BCUT2D eigenvalue weighted by atomic mass is 16.5. The molecule has 0 aromatic carbocycles. The van der Waals surface area contributed by atoms with E-state index in [1.807, 2.05) is 6.92 Å². The Bertz CT molecular complexity index is 472. The zero-order valence-electron chi connectivity index (χ0n) is 11.8. The van der Waals surface area contributed by atoms with E-state index in [1.165, 1.54) is 0 Å². The first kappa shape index (κ1) is 13.8. The molecule has 112 valence electrons. The lowest BCUT2D eigenvalue weighted by molar-refractivity contribution is -1.04. The van der Waals surface area contributed by atoms with E-state index in [-0.39, 0.29) is 6.42 Å². The number of quaternary nitrogens is 1. The predicted octanol–water partition coefficient (Wildman–Crippen LogP) is -1.28. The second-order valence-corrected chi connectivity index (χ2v) is 6.17. The molecule has 3 N–H and O–H groups in total. The molecule has 7 nitrogen and oxygen atoms in total. The minimum Gasteiger partial charge on any atom is -0.619 e. The van der Waals surface area contributed by atoms with Crippen molar-refractivity contribution in [3.8, 4) is 0 Å². The van der Waals surface area contributed by atoms with Crippen LogP contribution >= 0.6 is 0 Å². The second-order valence-electron chi connectivity index (χ2n) is 6.17. The Hall–Kier alpha value is -1.18. The average molecular weight is 284 g/mol. The molecule has 0 spiro atoms. The Kier molecular flexibility index (Phi) is 3.23. The molecule has 1 aliphatic carbocycles. The maximum atomic E-state index is 12.7. The summed E-state index contributed by atoms with van der Waals surface area (Å²) in [6, 6.07) is 0. The van der Waals surface area contributed by atoms with Gasteiger partial charge in [-0.1, -0.05) is 5.16 Å². The zero-order valence-corrected chi connectivity index (χ0v) is 11.8. The number of hydroxylamine groups is 1. The molecule has 0 unspecified atom stereocenters.